The molecule has 0 aromatic heterocycles. The van der Waals surface area contributed by atoms with Gasteiger partial charge in [0.2, 0.25) is 0 Å². The van der Waals surface area contributed by atoms with Crippen molar-refractivity contribution >= 4 is 46.4 Å². The summed E-state index contributed by atoms with van der Waals surface area (Å²) in [5.74, 6) is 2.53. The summed E-state index contributed by atoms with van der Waals surface area (Å²) in [4.78, 5) is 0. The lowest BCUT2D eigenvalue weighted by Gasteiger charge is -2.36. The summed E-state index contributed by atoms with van der Waals surface area (Å²) >= 11 is 0. The molecule has 2 rings (SSSR count). The van der Waals surface area contributed by atoms with Gasteiger partial charge in [-0.25, -0.2) is 0 Å². The minimum atomic E-state index is 0. The van der Waals surface area contributed by atoms with Crippen LogP contribution in [0.25, 0.3) is 0 Å². The third-order valence-electron chi connectivity index (χ3n) is 2.00. The van der Waals surface area contributed by atoms with E-state index in [4.69, 9.17) is 0 Å². The molecule has 0 saturated carbocycles. The Bertz CT molecular complexity index is 102. The van der Waals surface area contributed by atoms with Crippen molar-refractivity contribution in [2.45, 2.75) is 12.1 Å². The Kier molecular flexibility index (Phi) is 7.29. The first kappa shape index (κ1) is 13.2. The summed E-state index contributed by atoms with van der Waals surface area (Å²) < 4.78 is 0. The third-order valence-corrected chi connectivity index (χ3v) is 4.48. The van der Waals surface area contributed by atoms with Gasteiger partial charge in [-0.2, -0.15) is 0 Å². The van der Waals surface area contributed by atoms with Crippen molar-refractivity contribution < 1.29 is 0 Å². The molecule has 0 aromatic carbocycles. The highest BCUT2D eigenvalue weighted by atomic mass is 35.5. The summed E-state index contributed by atoms with van der Waals surface area (Å²) in [7, 11) is 3.99. The highest BCUT2D eigenvalue weighted by Crippen LogP contribution is 2.30. The third kappa shape index (κ3) is 3.16. The fourth-order valence-electron chi connectivity index (χ4n) is 1.39. The first-order valence-corrected chi connectivity index (χ1v) is 6.17. The normalized spacial score (nSPS) is 34.0. The number of hydrogen-bond acceptors (Lipinski definition) is 4. The second-order valence-electron chi connectivity index (χ2n) is 2.69. The second-order valence-corrected chi connectivity index (χ2v) is 5.24. The fourth-order valence-corrected chi connectivity index (χ4v) is 4.04. The van der Waals surface area contributed by atoms with Crippen molar-refractivity contribution in [1.82, 2.24) is 10.6 Å². The lowest BCUT2D eigenvalue weighted by molar-refractivity contribution is 0.365. The highest BCUT2D eigenvalue weighted by molar-refractivity contribution is 8.76. The SMILES string of the molecule is C1CNC2CSSCC2N1.Cl.Cl. The van der Waals surface area contributed by atoms with Gasteiger partial charge in [0.25, 0.3) is 0 Å². The lowest BCUT2D eigenvalue weighted by atomic mass is 10.1. The Morgan fingerprint density at radius 3 is 1.67 bits per heavy atom. The number of rotatable bonds is 0. The molecular weight excluding hydrogens is 235 g/mol. The molecule has 12 heavy (non-hydrogen) atoms. The van der Waals surface area contributed by atoms with Gasteiger partial charge in [0, 0.05) is 36.7 Å². The average molecular weight is 249 g/mol. The van der Waals surface area contributed by atoms with Gasteiger partial charge in [0.1, 0.15) is 0 Å². The maximum Gasteiger partial charge on any atom is 0.0329 e. The highest BCUT2D eigenvalue weighted by Gasteiger charge is 2.27. The van der Waals surface area contributed by atoms with E-state index in [0.29, 0.717) is 0 Å². The van der Waals surface area contributed by atoms with Gasteiger partial charge in [-0.05, 0) is 0 Å². The van der Waals surface area contributed by atoms with Gasteiger partial charge >= 0.3 is 0 Å². The number of halogens is 2. The zero-order valence-corrected chi connectivity index (χ0v) is 9.88. The summed E-state index contributed by atoms with van der Waals surface area (Å²) in [6.45, 7) is 2.29. The molecule has 0 aliphatic carbocycles. The van der Waals surface area contributed by atoms with Gasteiger partial charge in [0.05, 0.1) is 0 Å². The zero-order chi connectivity index (χ0) is 6.81. The van der Waals surface area contributed by atoms with Crippen LogP contribution < -0.4 is 10.6 Å². The summed E-state index contributed by atoms with van der Waals surface area (Å²) in [5.41, 5.74) is 0. The standard InChI is InChI=1S/C6H12N2S2.2ClH/c1-2-8-6-4-10-9-3-5(6)7-1;;/h5-8H,1-4H2;2*1H. The van der Waals surface area contributed by atoms with E-state index in [1.807, 2.05) is 21.6 Å². The second kappa shape index (κ2) is 6.62. The molecule has 2 N–H and O–H groups in total. The molecule has 0 bridgehead atoms. The molecule has 0 spiro atoms. The molecule has 2 nitrogen and oxygen atoms in total. The van der Waals surface area contributed by atoms with E-state index in [0.717, 1.165) is 25.2 Å². The monoisotopic (exact) mass is 248 g/mol. The predicted octanol–water partition coefficient (Wildman–Crippen LogP) is 1.15. The molecule has 0 aromatic rings. The molecule has 74 valence electrons. The zero-order valence-electron chi connectivity index (χ0n) is 6.62. The van der Waals surface area contributed by atoms with E-state index >= 15 is 0 Å². The molecule has 2 fully saturated rings. The van der Waals surface area contributed by atoms with E-state index in [1.165, 1.54) is 11.5 Å². The Morgan fingerprint density at radius 2 is 1.25 bits per heavy atom. The van der Waals surface area contributed by atoms with Crippen molar-refractivity contribution in [3.63, 3.8) is 0 Å². The van der Waals surface area contributed by atoms with E-state index in [1.54, 1.807) is 0 Å². The summed E-state index contributed by atoms with van der Waals surface area (Å²) in [6.07, 6.45) is 0. The molecule has 6 heteroatoms. The van der Waals surface area contributed by atoms with Gasteiger partial charge in [0.15, 0.2) is 0 Å². The quantitative estimate of drug-likeness (QED) is 0.629. The molecule has 0 amide bonds. The van der Waals surface area contributed by atoms with E-state index < -0.39 is 0 Å². The van der Waals surface area contributed by atoms with Crippen molar-refractivity contribution in [2.75, 3.05) is 24.6 Å². The van der Waals surface area contributed by atoms with Crippen LogP contribution in [-0.4, -0.2) is 36.7 Å². The first-order valence-electron chi connectivity index (χ1n) is 3.68. The van der Waals surface area contributed by atoms with Crippen molar-refractivity contribution in [3.05, 3.63) is 0 Å². The Morgan fingerprint density at radius 1 is 0.833 bits per heavy atom. The Labute approximate surface area is 93.6 Å². The molecule has 2 aliphatic rings. The van der Waals surface area contributed by atoms with Gasteiger partial charge in [-0.1, -0.05) is 21.6 Å². The molecule has 2 saturated heterocycles. The molecule has 2 aliphatic heterocycles. The van der Waals surface area contributed by atoms with Crippen LogP contribution in [-0.2, 0) is 0 Å². The smallest absolute Gasteiger partial charge is 0.0329 e. The van der Waals surface area contributed by atoms with E-state index in [9.17, 15) is 0 Å². The van der Waals surface area contributed by atoms with Crippen LogP contribution >= 0.6 is 46.4 Å². The van der Waals surface area contributed by atoms with Crippen molar-refractivity contribution in [2.24, 2.45) is 0 Å². The minimum Gasteiger partial charge on any atom is -0.310 e. The van der Waals surface area contributed by atoms with E-state index in [-0.39, 0.29) is 24.8 Å². The largest absolute Gasteiger partial charge is 0.310 e. The lowest BCUT2D eigenvalue weighted by Crippen LogP contribution is -2.59. The summed E-state index contributed by atoms with van der Waals surface area (Å²) in [5, 5.41) is 7.05. The van der Waals surface area contributed by atoms with Crippen LogP contribution in [0.4, 0.5) is 0 Å². The number of piperazine rings is 1. The first-order chi connectivity index (χ1) is 4.97. The fraction of sp³-hybridized carbons (Fsp3) is 1.00. The Balaban J connectivity index is 0.000000605. The average Bonchev–Trinajstić information content (AvgIpc) is 2.05. The van der Waals surface area contributed by atoms with Crippen LogP contribution in [0.2, 0.25) is 0 Å². The molecule has 2 unspecified atom stereocenters. The maximum absolute atomic E-state index is 3.52. The molecule has 2 heterocycles. The number of hydrogen-bond donors (Lipinski definition) is 2. The van der Waals surface area contributed by atoms with Gasteiger partial charge in [-0.15, -0.1) is 24.8 Å². The molecular formula is C6H14Cl2N2S2. The molecule has 0 radical (unpaired) electrons. The van der Waals surface area contributed by atoms with E-state index in [2.05, 4.69) is 10.6 Å². The van der Waals surface area contributed by atoms with Crippen molar-refractivity contribution in [3.8, 4) is 0 Å². The van der Waals surface area contributed by atoms with Crippen LogP contribution in [0.1, 0.15) is 0 Å². The minimum absolute atomic E-state index is 0. The van der Waals surface area contributed by atoms with Crippen LogP contribution in [0, 0.1) is 0 Å². The van der Waals surface area contributed by atoms with Crippen LogP contribution in [0.15, 0.2) is 0 Å². The Hall–Kier alpha value is 1.20. The van der Waals surface area contributed by atoms with Gasteiger partial charge in [-0.3, -0.25) is 0 Å². The topological polar surface area (TPSA) is 24.1 Å². The molecule has 2 atom stereocenters. The number of nitrogens with one attached hydrogen (secondary N) is 2. The van der Waals surface area contributed by atoms with Crippen LogP contribution in [0.3, 0.4) is 0 Å². The van der Waals surface area contributed by atoms with Gasteiger partial charge < -0.3 is 10.6 Å². The maximum atomic E-state index is 3.52. The van der Waals surface area contributed by atoms with Crippen LogP contribution in [0.5, 0.6) is 0 Å². The van der Waals surface area contributed by atoms with Crippen molar-refractivity contribution in [1.29, 1.82) is 0 Å². The number of fused-ring (bicyclic) bond motifs is 1. The predicted molar refractivity (Wildman–Crippen MR) is 63.0 cm³/mol. The summed E-state index contributed by atoms with van der Waals surface area (Å²) in [6, 6.07) is 1.47.